The predicted molar refractivity (Wildman–Crippen MR) is 112 cm³/mol. The van der Waals surface area contributed by atoms with Gasteiger partial charge in [-0.05, 0) is 42.7 Å². The van der Waals surface area contributed by atoms with Crippen molar-refractivity contribution < 1.29 is 4.74 Å². The zero-order valence-electron chi connectivity index (χ0n) is 15.4. The number of benzene rings is 1. The largest absolute Gasteiger partial charge is 0.377 e. The monoisotopic (exact) mass is 399 g/mol. The number of thiophene rings is 1. The number of ether oxygens (including phenoxy) is 1. The van der Waals surface area contributed by atoms with Crippen molar-refractivity contribution in [2.24, 2.45) is 0 Å². The first-order valence-electron chi connectivity index (χ1n) is 9.61. The van der Waals surface area contributed by atoms with Crippen LogP contribution in [-0.2, 0) is 24.1 Å². The molecule has 0 spiro atoms. The lowest BCUT2D eigenvalue weighted by Gasteiger charge is -2.22. The smallest absolute Gasteiger partial charge is 0.191 e. The molecule has 0 bridgehead atoms. The van der Waals surface area contributed by atoms with Crippen molar-refractivity contribution in [1.82, 2.24) is 14.8 Å². The van der Waals surface area contributed by atoms with E-state index in [0.29, 0.717) is 6.10 Å². The van der Waals surface area contributed by atoms with Gasteiger partial charge in [0.15, 0.2) is 5.16 Å². The van der Waals surface area contributed by atoms with Crippen molar-refractivity contribution >= 4 is 23.1 Å². The van der Waals surface area contributed by atoms with Gasteiger partial charge in [-0.15, -0.1) is 21.5 Å². The van der Waals surface area contributed by atoms with Crippen molar-refractivity contribution in [2.75, 3.05) is 12.4 Å². The number of hydrogen-bond donors (Lipinski definition) is 0. The summed E-state index contributed by atoms with van der Waals surface area (Å²) in [4.78, 5) is 1.33. The molecule has 1 aliphatic rings. The van der Waals surface area contributed by atoms with Crippen molar-refractivity contribution in [1.29, 1.82) is 0 Å². The lowest BCUT2D eigenvalue weighted by atomic mass is 10.1. The second-order valence-electron chi connectivity index (χ2n) is 6.84. The Balaban J connectivity index is 1.47. The standard InChI is InChI=1S/C21H25N3OS2/c1-2-7-17(8-3-1)11-12-24-20(15-19-10-6-14-26-19)22-23-21(24)27-16-18-9-4-5-13-25-18/h1-3,6-8,10,14,18H,4-5,9,11-13,15-16H2/t18-/m1/s1. The highest BCUT2D eigenvalue weighted by molar-refractivity contribution is 7.99. The first kappa shape index (κ1) is 18.7. The fourth-order valence-corrected chi connectivity index (χ4v) is 5.09. The third kappa shape index (κ3) is 5.21. The molecule has 1 aromatic carbocycles. The molecule has 0 aliphatic carbocycles. The number of hydrogen-bond acceptors (Lipinski definition) is 5. The molecule has 4 nitrogen and oxygen atoms in total. The minimum Gasteiger partial charge on any atom is -0.377 e. The van der Waals surface area contributed by atoms with Crippen molar-refractivity contribution in [3.8, 4) is 0 Å². The summed E-state index contributed by atoms with van der Waals surface area (Å²) < 4.78 is 8.19. The van der Waals surface area contributed by atoms with Gasteiger partial charge in [-0.2, -0.15) is 0 Å². The van der Waals surface area contributed by atoms with Crippen LogP contribution in [0.2, 0.25) is 0 Å². The molecule has 1 aliphatic heterocycles. The zero-order chi connectivity index (χ0) is 18.3. The Hall–Kier alpha value is -1.63. The SMILES string of the molecule is c1ccc(CCn2c(Cc3cccs3)nnc2SC[C@H]2CCCCO2)cc1. The Kier molecular flexibility index (Phi) is 6.61. The first-order chi connectivity index (χ1) is 13.4. The Labute approximate surface area is 169 Å². The summed E-state index contributed by atoms with van der Waals surface area (Å²) in [5, 5.41) is 12.2. The molecule has 142 valence electrons. The summed E-state index contributed by atoms with van der Waals surface area (Å²) in [7, 11) is 0. The zero-order valence-corrected chi connectivity index (χ0v) is 17.1. The fourth-order valence-electron chi connectivity index (χ4n) is 3.34. The topological polar surface area (TPSA) is 39.9 Å². The molecular weight excluding hydrogens is 374 g/mol. The van der Waals surface area contributed by atoms with Crippen LogP contribution >= 0.6 is 23.1 Å². The molecule has 1 fully saturated rings. The quantitative estimate of drug-likeness (QED) is 0.509. The molecule has 3 heterocycles. The van der Waals surface area contributed by atoms with Gasteiger partial charge in [-0.1, -0.05) is 48.2 Å². The average Bonchev–Trinajstić information content (AvgIpc) is 3.37. The molecule has 27 heavy (non-hydrogen) atoms. The van der Waals surface area contributed by atoms with E-state index in [-0.39, 0.29) is 0 Å². The van der Waals surface area contributed by atoms with Crippen LogP contribution in [0.25, 0.3) is 0 Å². The van der Waals surface area contributed by atoms with E-state index in [0.717, 1.165) is 49.1 Å². The van der Waals surface area contributed by atoms with Gasteiger partial charge in [-0.25, -0.2) is 0 Å². The second kappa shape index (κ2) is 9.53. The van der Waals surface area contributed by atoms with Crippen LogP contribution in [0, 0.1) is 0 Å². The molecule has 3 aromatic rings. The second-order valence-corrected chi connectivity index (χ2v) is 8.86. The highest BCUT2D eigenvalue weighted by atomic mass is 32.2. The summed E-state index contributed by atoms with van der Waals surface area (Å²) in [5.41, 5.74) is 1.35. The van der Waals surface area contributed by atoms with Crippen LogP contribution in [0.3, 0.4) is 0 Å². The van der Waals surface area contributed by atoms with E-state index < -0.39 is 0 Å². The molecule has 2 aromatic heterocycles. The number of thioether (sulfide) groups is 1. The van der Waals surface area contributed by atoms with Gasteiger partial charge < -0.3 is 9.30 Å². The van der Waals surface area contributed by atoms with Crippen molar-refractivity contribution in [3.63, 3.8) is 0 Å². The first-order valence-corrected chi connectivity index (χ1v) is 11.5. The van der Waals surface area contributed by atoms with E-state index in [9.17, 15) is 0 Å². The molecule has 4 rings (SSSR count). The molecule has 0 N–H and O–H groups in total. The van der Waals surface area contributed by atoms with Crippen molar-refractivity contribution in [3.05, 3.63) is 64.1 Å². The van der Waals surface area contributed by atoms with Crippen LogP contribution in [0.1, 0.15) is 35.5 Å². The number of aryl methyl sites for hydroxylation is 1. The molecule has 0 unspecified atom stereocenters. The molecule has 0 amide bonds. The molecule has 1 saturated heterocycles. The van der Waals surface area contributed by atoms with Gasteiger partial charge in [0.1, 0.15) is 5.82 Å². The highest BCUT2D eigenvalue weighted by Gasteiger charge is 2.18. The van der Waals surface area contributed by atoms with Crippen LogP contribution in [0.15, 0.2) is 53.0 Å². The minimum absolute atomic E-state index is 0.351. The molecular formula is C21H25N3OS2. The van der Waals surface area contributed by atoms with E-state index in [1.54, 1.807) is 23.1 Å². The predicted octanol–water partition coefficient (Wildman–Crippen LogP) is 4.83. The molecule has 0 saturated carbocycles. The maximum Gasteiger partial charge on any atom is 0.191 e. The summed E-state index contributed by atoms with van der Waals surface area (Å²) in [6.45, 7) is 1.81. The lowest BCUT2D eigenvalue weighted by molar-refractivity contribution is 0.0315. The fraction of sp³-hybridized carbons (Fsp3) is 0.429. The van der Waals surface area contributed by atoms with E-state index in [1.807, 2.05) is 0 Å². The van der Waals surface area contributed by atoms with E-state index in [1.165, 1.54) is 23.3 Å². The Morgan fingerprint density at radius 2 is 2.04 bits per heavy atom. The maximum atomic E-state index is 5.88. The lowest BCUT2D eigenvalue weighted by Crippen LogP contribution is -2.21. The van der Waals surface area contributed by atoms with Gasteiger partial charge in [0.25, 0.3) is 0 Å². The minimum atomic E-state index is 0.351. The number of aromatic nitrogens is 3. The van der Waals surface area contributed by atoms with Gasteiger partial charge >= 0.3 is 0 Å². The summed E-state index contributed by atoms with van der Waals surface area (Å²) in [6.07, 6.45) is 5.81. The van der Waals surface area contributed by atoms with E-state index >= 15 is 0 Å². The Bertz CT molecular complexity index is 811. The van der Waals surface area contributed by atoms with Crippen molar-refractivity contribution in [2.45, 2.75) is 49.9 Å². The van der Waals surface area contributed by atoms with Gasteiger partial charge in [0, 0.05) is 30.2 Å². The molecule has 0 radical (unpaired) electrons. The van der Waals surface area contributed by atoms with Gasteiger partial charge in [0.05, 0.1) is 6.10 Å². The summed E-state index contributed by atoms with van der Waals surface area (Å²) in [5.74, 6) is 2.02. The Morgan fingerprint density at radius 3 is 2.81 bits per heavy atom. The highest BCUT2D eigenvalue weighted by Crippen LogP contribution is 2.25. The van der Waals surface area contributed by atoms with E-state index in [2.05, 4.69) is 62.6 Å². The normalized spacial score (nSPS) is 17.3. The maximum absolute atomic E-state index is 5.88. The average molecular weight is 400 g/mol. The molecule has 6 heteroatoms. The van der Waals surface area contributed by atoms with E-state index in [4.69, 9.17) is 4.74 Å². The van der Waals surface area contributed by atoms with Crippen LogP contribution < -0.4 is 0 Å². The Morgan fingerprint density at radius 1 is 1.11 bits per heavy atom. The number of nitrogens with zero attached hydrogens (tertiary/aromatic N) is 3. The van der Waals surface area contributed by atoms with Crippen LogP contribution in [-0.4, -0.2) is 33.2 Å². The third-order valence-corrected chi connectivity index (χ3v) is 6.82. The third-order valence-electron chi connectivity index (χ3n) is 4.85. The summed E-state index contributed by atoms with van der Waals surface area (Å²) >= 11 is 3.57. The van der Waals surface area contributed by atoms with Crippen LogP contribution in [0.4, 0.5) is 0 Å². The number of rotatable bonds is 8. The van der Waals surface area contributed by atoms with Crippen LogP contribution in [0.5, 0.6) is 0 Å². The summed E-state index contributed by atoms with van der Waals surface area (Å²) in [6, 6.07) is 14.9. The van der Waals surface area contributed by atoms with Gasteiger partial charge in [0.2, 0.25) is 0 Å². The van der Waals surface area contributed by atoms with Gasteiger partial charge in [-0.3, -0.25) is 0 Å². The molecule has 1 atom stereocenters.